The van der Waals surface area contributed by atoms with E-state index in [4.69, 9.17) is 9.60 Å². The predicted octanol–water partition coefficient (Wildman–Crippen LogP) is 6.36. The third-order valence-corrected chi connectivity index (χ3v) is 9.95. The summed E-state index contributed by atoms with van der Waals surface area (Å²) < 4.78 is 54.4. The molecule has 0 saturated heterocycles. The Bertz CT molecular complexity index is 838. The fraction of sp³-hybridized carbons (Fsp3) is 0.926. The highest BCUT2D eigenvalue weighted by Crippen LogP contribution is 2.67. The highest BCUT2D eigenvalue weighted by atomic mass is 16.3. The minimum absolute atomic E-state index is 0.0656. The van der Waals surface area contributed by atoms with Gasteiger partial charge in [0.05, 0.1) is 12.2 Å². The zero-order valence-electron chi connectivity index (χ0n) is 25.6. The number of hydrogen-bond acceptors (Lipinski definition) is 2. The summed E-state index contributed by atoms with van der Waals surface area (Å²) in [5.74, 6) is -0.574. The largest absolute Gasteiger partial charge is 0.393 e. The van der Waals surface area contributed by atoms with E-state index in [1.807, 2.05) is 0 Å². The molecule has 4 aliphatic carbocycles. The highest BCUT2D eigenvalue weighted by molar-refractivity contribution is 5.27. The summed E-state index contributed by atoms with van der Waals surface area (Å²) in [5, 5.41) is 21.6. The first-order valence-electron chi connectivity index (χ1n) is 15.5. The van der Waals surface area contributed by atoms with Gasteiger partial charge in [-0.1, -0.05) is 65.4 Å². The van der Waals surface area contributed by atoms with Crippen molar-refractivity contribution in [3.05, 3.63) is 11.6 Å². The lowest BCUT2D eigenvalue weighted by Crippen LogP contribution is -2.54. The number of aliphatic hydroxyl groups is 2. The monoisotopic (exact) mass is 409 g/mol. The minimum Gasteiger partial charge on any atom is -0.393 e. The van der Waals surface area contributed by atoms with Gasteiger partial charge in [-0.2, -0.15) is 0 Å². The van der Waals surface area contributed by atoms with E-state index in [2.05, 4.69) is 26.8 Å². The third kappa shape index (κ3) is 3.65. The standard InChI is InChI=1S/C27H46O2/c1-17(2)7-6-8-18(3)21-9-10-22-25-23(12-14-27(21,22)5)26(4)13-11-20(28)15-19(26)16-24(25)29/h16-18,20-25,28-29H,6-15H2,1-5H3/t18-,20+,21-,22+,23+,24-,25+,26+,27-/m1/s1/i1D3,2D3,17D. The maximum atomic E-state index is 11.3. The van der Waals surface area contributed by atoms with Crippen LogP contribution in [0, 0.1) is 46.3 Å². The summed E-state index contributed by atoms with van der Waals surface area (Å²) >= 11 is 0. The predicted molar refractivity (Wildman–Crippen MR) is 120 cm³/mol. The number of aliphatic hydroxyl groups excluding tert-OH is 2. The Morgan fingerprint density at radius 3 is 2.66 bits per heavy atom. The van der Waals surface area contributed by atoms with Crippen LogP contribution < -0.4 is 0 Å². The molecule has 0 bridgehead atoms. The lowest BCUT2D eigenvalue weighted by Gasteiger charge is -2.59. The third-order valence-electron chi connectivity index (χ3n) is 9.95. The maximum Gasteiger partial charge on any atom is 0.0757 e. The fourth-order valence-electron chi connectivity index (χ4n) is 8.41. The summed E-state index contributed by atoms with van der Waals surface area (Å²) in [4.78, 5) is 0. The van der Waals surface area contributed by atoms with Crippen molar-refractivity contribution in [1.82, 2.24) is 0 Å². The van der Waals surface area contributed by atoms with Gasteiger partial charge in [-0.3, -0.25) is 0 Å². The molecule has 3 fully saturated rings. The first-order chi connectivity index (χ1) is 16.5. The van der Waals surface area contributed by atoms with E-state index in [9.17, 15) is 10.2 Å². The second-order valence-corrected chi connectivity index (χ2v) is 11.4. The van der Waals surface area contributed by atoms with Crippen LogP contribution in [0.5, 0.6) is 0 Å². The van der Waals surface area contributed by atoms with Gasteiger partial charge in [0.15, 0.2) is 0 Å². The van der Waals surface area contributed by atoms with Crippen LogP contribution in [0.2, 0.25) is 0 Å². The normalized spacial score (nSPS) is 52.7. The molecule has 0 aliphatic heterocycles. The molecule has 166 valence electrons. The Morgan fingerprint density at radius 2 is 1.90 bits per heavy atom. The molecule has 2 nitrogen and oxygen atoms in total. The minimum atomic E-state index is -2.85. The van der Waals surface area contributed by atoms with Crippen LogP contribution in [0.15, 0.2) is 11.6 Å². The number of rotatable bonds is 5. The van der Waals surface area contributed by atoms with E-state index in [1.165, 1.54) is 5.57 Å². The molecule has 2 N–H and O–H groups in total. The van der Waals surface area contributed by atoms with Gasteiger partial charge in [0.1, 0.15) is 0 Å². The molecule has 9 atom stereocenters. The van der Waals surface area contributed by atoms with Crippen LogP contribution in [-0.2, 0) is 0 Å². The molecular weight excluding hydrogens is 356 g/mol. The molecule has 3 saturated carbocycles. The molecule has 0 aromatic carbocycles. The Balaban J connectivity index is 1.47. The average Bonchev–Trinajstić information content (AvgIpc) is 3.10. The van der Waals surface area contributed by atoms with E-state index < -0.39 is 25.7 Å². The van der Waals surface area contributed by atoms with Crippen molar-refractivity contribution in [2.45, 2.75) is 111 Å². The molecule has 2 heteroatoms. The lowest BCUT2D eigenvalue weighted by molar-refractivity contribution is -0.0970. The quantitative estimate of drug-likeness (QED) is 0.519. The second kappa shape index (κ2) is 7.97. The Morgan fingerprint density at radius 1 is 1.10 bits per heavy atom. The Labute approximate surface area is 189 Å². The molecule has 0 heterocycles. The van der Waals surface area contributed by atoms with Gasteiger partial charge in [0.2, 0.25) is 0 Å². The second-order valence-electron chi connectivity index (χ2n) is 11.4. The van der Waals surface area contributed by atoms with Gasteiger partial charge >= 0.3 is 0 Å². The van der Waals surface area contributed by atoms with E-state index in [-0.39, 0.29) is 29.3 Å². The fourth-order valence-corrected chi connectivity index (χ4v) is 8.41. The van der Waals surface area contributed by atoms with Crippen LogP contribution in [0.1, 0.15) is 108 Å². The smallest absolute Gasteiger partial charge is 0.0757 e. The van der Waals surface area contributed by atoms with Crippen molar-refractivity contribution in [2.75, 3.05) is 0 Å². The van der Waals surface area contributed by atoms with E-state index in [1.54, 1.807) is 0 Å². The zero-order chi connectivity index (χ0) is 26.9. The topological polar surface area (TPSA) is 40.5 Å². The lowest BCUT2D eigenvalue weighted by atomic mass is 9.46. The van der Waals surface area contributed by atoms with Crippen LogP contribution >= 0.6 is 0 Å². The van der Waals surface area contributed by atoms with Gasteiger partial charge in [-0.15, -0.1) is 0 Å². The highest BCUT2D eigenvalue weighted by Gasteiger charge is 2.61. The molecule has 0 aromatic rings. The molecular formula is C27H46O2. The molecule has 4 rings (SSSR count). The van der Waals surface area contributed by atoms with Gasteiger partial charge in [0, 0.05) is 9.60 Å². The van der Waals surface area contributed by atoms with Gasteiger partial charge in [-0.05, 0) is 91.3 Å². The van der Waals surface area contributed by atoms with Crippen LogP contribution in [0.4, 0.5) is 0 Å². The Hall–Kier alpha value is -0.340. The van der Waals surface area contributed by atoms with E-state index >= 15 is 0 Å². The van der Waals surface area contributed by atoms with Crippen molar-refractivity contribution in [3.8, 4) is 0 Å². The number of fused-ring (bicyclic) bond motifs is 5. The van der Waals surface area contributed by atoms with Crippen molar-refractivity contribution in [2.24, 2.45) is 46.3 Å². The summed E-state index contributed by atoms with van der Waals surface area (Å²) in [7, 11) is 0. The molecule has 0 radical (unpaired) electrons. The summed E-state index contributed by atoms with van der Waals surface area (Å²) in [6, 6.07) is 0. The SMILES string of the molecule is [2H]C([2H])([2H])C([2H])(CCC[C@@H](C)[C@H]1CC[C@H]2[C@@H]3[C@H](O)C=C4C[C@@H](O)CC[C@]4(C)[C@H]3CC[C@]12C)C([2H])([2H])[2H]. The average molecular weight is 410 g/mol. The summed E-state index contributed by atoms with van der Waals surface area (Å²) in [5.41, 5.74) is 1.42. The van der Waals surface area contributed by atoms with E-state index in [0.717, 1.165) is 44.9 Å². The summed E-state index contributed by atoms with van der Waals surface area (Å²) in [6.45, 7) is 1.26. The zero-order valence-corrected chi connectivity index (χ0v) is 18.6. The first kappa shape index (κ1) is 14.7. The molecule has 29 heavy (non-hydrogen) atoms. The number of hydrogen-bond donors (Lipinski definition) is 2. The maximum absolute atomic E-state index is 11.3. The molecule has 0 spiro atoms. The molecule has 0 amide bonds. The Kier molecular flexibility index (Phi) is 4.03. The summed E-state index contributed by atoms with van der Waals surface area (Å²) in [6.07, 6.45) is 9.14. The van der Waals surface area contributed by atoms with Crippen LogP contribution in [-0.4, -0.2) is 22.4 Å². The molecule has 0 aromatic heterocycles. The molecule has 0 unspecified atom stereocenters. The van der Waals surface area contributed by atoms with Crippen molar-refractivity contribution >= 4 is 0 Å². The van der Waals surface area contributed by atoms with E-state index in [0.29, 0.717) is 36.5 Å². The van der Waals surface area contributed by atoms with Crippen LogP contribution in [0.3, 0.4) is 0 Å². The van der Waals surface area contributed by atoms with Crippen molar-refractivity contribution < 1.29 is 19.8 Å². The van der Waals surface area contributed by atoms with Gasteiger partial charge < -0.3 is 10.2 Å². The first-order valence-corrected chi connectivity index (χ1v) is 12.0. The van der Waals surface area contributed by atoms with Gasteiger partial charge in [0.25, 0.3) is 0 Å². The van der Waals surface area contributed by atoms with Crippen LogP contribution in [0.25, 0.3) is 0 Å². The van der Waals surface area contributed by atoms with Crippen molar-refractivity contribution in [3.63, 3.8) is 0 Å². The van der Waals surface area contributed by atoms with Crippen molar-refractivity contribution in [1.29, 1.82) is 0 Å². The molecule has 4 aliphatic rings. The van der Waals surface area contributed by atoms with Gasteiger partial charge in [-0.25, -0.2) is 0 Å².